The summed E-state index contributed by atoms with van der Waals surface area (Å²) in [5.74, 6) is 0.633. The topological polar surface area (TPSA) is 71.3 Å². The van der Waals surface area contributed by atoms with Gasteiger partial charge in [-0.15, -0.1) is 0 Å². The van der Waals surface area contributed by atoms with Crippen LogP contribution in [0, 0.1) is 25.2 Å². The second kappa shape index (κ2) is 10.7. The quantitative estimate of drug-likeness (QED) is 0.316. The molecular weight excluding hydrogens is 468 g/mol. The van der Waals surface area contributed by atoms with Crippen molar-refractivity contribution in [3.05, 3.63) is 93.0 Å². The molecule has 0 radical (unpaired) electrons. The number of ether oxygens (including phenoxy) is 2. The van der Waals surface area contributed by atoms with Crippen molar-refractivity contribution in [2.24, 2.45) is 0 Å². The molecule has 1 amide bonds. The van der Waals surface area contributed by atoms with Crippen molar-refractivity contribution < 1.29 is 14.3 Å². The second-order valence-corrected chi connectivity index (χ2v) is 8.13. The van der Waals surface area contributed by atoms with Crippen molar-refractivity contribution in [1.29, 1.82) is 5.26 Å². The SMILES string of the molecule is COc1cc(/C=C(/C#N)C(=O)Nc2c(C)cccc2C)ccc1OCc1ccc(Br)cc1. The first-order valence-electron chi connectivity index (χ1n) is 9.96. The molecule has 0 aliphatic carbocycles. The normalized spacial score (nSPS) is 10.9. The molecule has 1 N–H and O–H groups in total. The Balaban J connectivity index is 1.77. The van der Waals surface area contributed by atoms with E-state index < -0.39 is 5.91 Å². The lowest BCUT2D eigenvalue weighted by Gasteiger charge is -2.12. The number of carbonyl (C=O) groups excluding carboxylic acids is 1. The third kappa shape index (κ3) is 5.77. The number of halogens is 1. The molecule has 0 saturated heterocycles. The van der Waals surface area contributed by atoms with E-state index in [1.165, 1.54) is 6.08 Å². The first-order chi connectivity index (χ1) is 15.4. The van der Waals surface area contributed by atoms with E-state index in [0.717, 1.165) is 21.2 Å². The Labute approximate surface area is 196 Å². The number of hydrogen-bond acceptors (Lipinski definition) is 4. The lowest BCUT2D eigenvalue weighted by Crippen LogP contribution is -2.15. The van der Waals surface area contributed by atoms with E-state index in [1.807, 2.05) is 62.4 Å². The number of nitrogens with zero attached hydrogens (tertiary/aromatic N) is 1. The van der Waals surface area contributed by atoms with E-state index >= 15 is 0 Å². The van der Waals surface area contributed by atoms with Crippen LogP contribution >= 0.6 is 15.9 Å². The van der Waals surface area contributed by atoms with Gasteiger partial charge in [-0.2, -0.15) is 5.26 Å². The average molecular weight is 491 g/mol. The Kier molecular flexibility index (Phi) is 7.69. The minimum Gasteiger partial charge on any atom is -0.493 e. The molecular formula is C26H23BrN2O3. The summed E-state index contributed by atoms with van der Waals surface area (Å²) in [6.07, 6.45) is 1.53. The summed E-state index contributed by atoms with van der Waals surface area (Å²) in [6.45, 7) is 4.22. The van der Waals surface area contributed by atoms with Crippen LogP contribution < -0.4 is 14.8 Å². The fraction of sp³-hybridized carbons (Fsp3) is 0.154. The summed E-state index contributed by atoms with van der Waals surface area (Å²) in [5, 5.41) is 12.4. The van der Waals surface area contributed by atoms with Crippen LogP contribution in [-0.2, 0) is 11.4 Å². The summed E-state index contributed by atoms with van der Waals surface area (Å²) in [6, 6.07) is 20.9. The van der Waals surface area contributed by atoms with Gasteiger partial charge in [0, 0.05) is 10.2 Å². The number of hydrogen-bond donors (Lipinski definition) is 1. The Morgan fingerprint density at radius 2 is 1.75 bits per heavy atom. The van der Waals surface area contributed by atoms with E-state index in [4.69, 9.17) is 9.47 Å². The predicted octanol–water partition coefficient (Wildman–Crippen LogP) is 6.20. The van der Waals surface area contributed by atoms with Crippen molar-refractivity contribution in [3.8, 4) is 17.6 Å². The summed E-state index contributed by atoms with van der Waals surface area (Å²) >= 11 is 3.42. The summed E-state index contributed by atoms with van der Waals surface area (Å²) in [5.41, 5.74) is 4.26. The maximum absolute atomic E-state index is 12.7. The number of amides is 1. The highest BCUT2D eigenvalue weighted by atomic mass is 79.9. The molecule has 3 aromatic rings. The number of nitriles is 1. The van der Waals surface area contributed by atoms with Crippen molar-refractivity contribution >= 4 is 33.6 Å². The molecule has 0 aliphatic heterocycles. The van der Waals surface area contributed by atoms with Crippen LogP contribution in [0.15, 0.2) is 70.7 Å². The highest BCUT2D eigenvalue weighted by Gasteiger charge is 2.13. The number of benzene rings is 3. The molecule has 0 atom stereocenters. The zero-order valence-corrected chi connectivity index (χ0v) is 19.7. The maximum atomic E-state index is 12.7. The Morgan fingerprint density at radius 3 is 2.38 bits per heavy atom. The van der Waals surface area contributed by atoms with Gasteiger partial charge >= 0.3 is 0 Å². The third-order valence-electron chi connectivity index (χ3n) is 4.89. The van der Waals surface area contributed by atoms with Crippen LogP contribution in [0.25, 0.3) is 6.08 Å². The Bertz CT molecular complexity index is 1170. The van der Waals surface area contributed by atoms with Crippen LogP contribution in [0.1, 0.15) is 22.3 Å². The Morgan fingerprint density at radius 1 is 1.06 bits per heavy atom. The van der Waals surface area contributed by atoms with Gasteiger partial charge in [-0.3, -0.25) is 4.79 Å². The van der Waals surface area contributed by atoms with Crippen LogP contribution in [0.2, 0.25) is 0 Å². The summed E-state index contributed by atoms with van der Waals surface area (Å²) < 4.78 is 12.3. The van der Waals surface area contributed by atoms with Gasteiger partial charge in [-0.05, 0) is 66.4 Å². The zero-order valence-electron chi connectivity index (χ0n) is 18.1. The van der Waals surface area contributed by atoms with Gasteiger partial charge in [0.15, 0.2) is 11.5 Å². The van der Waals surface area contributed by atoms with Gasteiger partial charge < -0.3 is 14.8 Å². The van der Waals surface area contributed by atoms with Crippen molar-refractivity contribution in [2.75, 3.05) is 12.4 Å². The van der Waals surface area contributed by atoms with Gasteiger partial charge in [-0.1, -0.05) is 52.3 Å². The minimum atomic E-state index is -0.459. The predicted molar refractivity (Wildman–Crippen MR) is 130 cm³/mol. The van der Waals surface area contributed by atoms with Crippen LogP contribution in [0.3, 0.4) is 0 Å². The molecule has 3 aromatic carbocycles. The van der Waals surface area contributed by atoms with Crippen molar-refractivity contribution in [2.45, 2.75) is 20.5 Å². The van der Waals surface area contributed by atoms with E-state index in [2.05, 4.69) is 21.2 Å². The molecule has 0 bridgehead atoms. The lowest BCUT2D eigenvalue weighted by atomic mass is 10.1. The molecule has 6 heteroatoms. The summed E-state index contributed by atoms with van der Waals surface area (Å²) in [4.78, 5) is 12.7. The number of methoxy groups -OCH3 is 1. The van der Waals surface area contributed by atoms with Gasteiger partial charge in [0.05, 0.1) is 7.11 Å². The van der Waals surface area contributed by atoms with Crippen molar-refractivity contribution in [3.63, 3.8) is 0 Å². The van der Waals surface area contributed by atoms with Crippen LogP contribution in [0.4, 0.5) is 5.69 Å². The number of aryl methyl sites for hydroxylation is 2. The smallest absolute Gasteiger partial charge is 0.266 e. The van der Waals surface area contributed by atoms with E-state index in [1.54, 1.807) is 25.3 Å². The fourth-order valence-corrected chi connectivity index (χ4v) is 3.41. The van der Waals surface area contributed by atoms with Gasteiger partial charge in [-0.25, -0.2) is 0 Å². The highest BCUT2D eigenvalue weighted by Crippen LogP contribution is 2.30. The molecule has 0 aliphatic rings. The van der Waals surface area contributed by atoms with E-state index in [0.29, 0.717) is 29.4 Å². The maximum Gasteiger partial charge on any atom is 0.266 e. The fourth-order valence-electron chi connectivity index (χ4n) is 3.14. The first kappa shape index (κ1) is 23.1. The van der Waals surface area contributed by atoms with Gasteiger partial charge in [0.2, 0.25) is 0 Å². The highest BCUT2D eigenvalue weighted by molar-refractivity contribution is 9.10. The average Bonchev–Trinajstić information content (AvgIpc) is 2.79. The van der Waals surface area contributed by atoms with Crippen LogP contribution in [-0.4, -0.2) is 13.0 Å². The van der Waals surface area contributed by atoms with E-state index in [-0.39, 0.29) is 5.57 Å². The second-order valence-electron chi connectivity index (χ2n) is 7.22. The molecule has 0 heterocycles. The number of rotatable bonds is 7. The molecule has 0 fully saturated rings. The van der Waals surface area contributed by atoms with Gasteiger partial charge in [0.1, 0.15) is 18.2 Å². The Hall–Kier alpha value is -3.56. The molecule has 0 spiro atoms. The number of nitrogens with one attached hydrogen (secondary N) is 1. The lowest BCUT2D eigenvalue weighted by molar-refractivity contribution is -0.112. The standard InChI is InChI=1S/C26H23BrN2O3/c1-17-5-4-6-18(2)25(17)29-26(30)21(15-28)13-20-9-12-23(24(14-20)31-3)32-16-19-7-10-22(27)11-8-19/h4-14H,16H2,1-3H3,(H,29,30)/b21-13-. The minimum absolute atomic E-state index is 0.00163. The van der Waals surface area contributed by atoms with Gasteiger partial charge in [0.25, 0.3) is 5.91 Å². The third-order valence-corrected chi connectivity index (χ3v) is 5.42. The van der Waals surface area contributed by atoms with Crippen molar-refractivity contribution in [1.82, 2.24) is 0 Å². The van der Waals surface area contributed by atoms with Crippen LogP contribution in [0.5, 0.6) is 11.5 Å². The molecule has 0 aromatic heterocycles. The molecule has 0 unspecified atom stereocenters. The number of carbonyl (C=O) groups is 1. The number of para-hydroxylation sites is 1. The number of anilines is 1. The van der Waals surface area contributed by atoms with E-state index in [9.17, 15) is 10.1 Å². The molecule has 0 saturated carbocycles. The molecule has 162 valence electrons. The largest absolute Gasteiger partial charge is 0.493 e. The zero-order chi connectivity index (χ0) is 23.1. The molecule has 32 heavy (non-hydrogen) atoms. The monoisotopic (exact) mass is 490 g/mol. The molecule has 5 nitrogen and oxygen atoms in total. The molecule has 3 rings (SSSR count). The first-order valence-corrected chi connectivity index (χ1v) is 10.7. The summed E-state index contributed by atoms with van der Waals surface area (Å²) in [7, 11) is 1.55.